The van der Waals surface area contributed by atoms with Gasteiger partial charge in [0.25, 0.3) is 0 Å². The first-order valence-electron chi connectivity index (χ1n) is 8.47. The normalized spacial score (nSPS) is 21.2. The molecule has 0 radical (unpaired) electrons. The Morgan fingerprint density at radius 2 is 1.83 bits per heavy atom. The largest absolute Gasteiger partial charge is 0.497 e. The molecular weight excluding hydrogens is 308 g/mol. The van der Waals surface area contributed by atoms with Gasteiger partial charge in [-0.1, -0.05) is 0 Å². The van der Waals surface area contributed by atoms with Crippen molar-refractivity contribution in [1.29, 1.82) is 0 Å². The summed E-state index contributed by atoms with van der Waals surface area (Å²) in [5.41, 5.74) is 0.894. The molecule has 2 aliphatic heterocycles. The monoisotopic (exact) mass is 334 g/mol. The number of piperidine rings is 1. The standard InChI is InChI=1S/C18H26N2O4/c1-22-15-9-14(10-16(11-15)23-2)13-20-6-3-18(4-7-20)12-17(21)19-5-8-24-18/h9-11H,3-8,12-13H2,1-2H3,(H,19,21). The second-order valence-corrected chi connectivity index (χ2v) is 6.56. The summed E-state index contributed by atoms with van der Waals surface area (Å²) in [7, 11) is 3.33. The minimum Gasteiger partial charge on any atom is -0.497 e. The number of nitrogens with one attached hydrogen (secondary N) is 1. The molecule has 1 aromatic carbocycles. The van der Waals surface area contributed by atoms with Gasteiger partial charge in [-0.15, -0.1) is 0 Å². The van der Waals surface area contributed by atoms with Crippen LogP contribution in [0.1, 0.15) is 24.8 Å². The van der Waals surface area contributed by atoms with Gasteiger partial charge in [0.2, 0.25) is 5.91 Å². The second kappa shape index (κ2) is 7.40. The molecule has 1 aromatic rings. The third-order valence-corrected chi connectivity index (χ3v) is 4.90. The number of likely N-dealkylation sites (tertiary alicyclic amines) is 1. The Balaban J connectivity index is 1.62. The van der Waals surface area contributed by atoms with Crippen molar-refractivity contribution in [3.63, 3.8) is 0 Å². The summed E-state index contributed by atoms with van der Waals surface area (Å²) in [6.07, 6.45) is 2.26. The highest BCUT2D eigenvalue weighted by Crippen LogP contribution is 2.32. The molecule has 0 bridgehead atoms. The molecule has 2 heterocycles. The van der Waals surface area contributed by atoms with Crippen molar-refractivity contribution in [2.45, 2.75) is 31.4 Å². The van der Waals surface area contributed by atoms with Crippen molar-refractivity contribution in [1.82, 2.24) is 10.2 Å². The van der Waals surface area contributed by atoms with Crippen molar-refractivity contribution >= 4 is 5.91 Å². The molecular formula is C18H26N2O4. The van der Waals surface area contributed by atoms with E-state index in [0.29, 0.717) is 19.6 Å². The van der Waals surface area contributed by atoms with Crippen molar-refractivity contribution in [2.75, 3.05) is 40.5 Å². The topological polar surface area (TPSA) is 60.0 Å². The van der Waals surface area contributed by atoms with Crippen LogP contribution in [0.4, 0.5) is 0 Å². The smallest absolute Gasteiger partial charge is 0.222 e. The van der Waals surface area contributed by atoms with Crippen LogP contribution in [0.15, 0.2) is 18.2 Å². The first kappa shape index (κ1) is 17.0. The number of ether oxygens (including phenoxy) is 3. The van der Waals surface area contributed by atoms with Crippen molar-refractivity contribution in [3.8, 4) is 11.5 Å². The maximum atomic E-state index is 11.8. The predicted octanol–water partition coefficient (Wildman–Crippen LogP) is 1.57. The van der Waals surface area contributed by atoms with E-state index >= 15 is 0 Å². The van der Waals surface area contributed by atoms with Gasteiger partial charge >= 0.3 is 0 Å². The number of nitrogens with zero attached hydrogens (tertiary/aromatic N) is 1. The van der Waals surface area contributed by atoms with E-state index in [4.69, 9.17) is 14.2 Å². The number of carbonyl (C=O) groups is 1. The van der Waals surface area contributed by atoms with Gasteiger partial charge in [-0.3, -0.25) is 9.69 Å². The molecule has 24 heavy (non-hydrogen) atoms. The van der Waals surface area contributed by atoms with Gasteiger partial charge in [-0.05, 0) is 30.5 Å². The van der Waals surface area contributed by atoms with Crippen molar-refractivity contribution in [2.24, 2.45) is 0 Å². The van der Waals surface area contributed by atoms with E-state index < -0.39 is 0 Å². The highest BCUT2D eigenvalue weighted by atomic mass is 16.5. The minimum absolute atomic E-state index is 0.110. The van der Waals surface area contributed by atoms with Gasteiger partial charge in [-0.2, -0.15) is 0 Å². The molecule has 132 valence electrons. The summed E-state index contributed by atoms with van der Waals surface area (Å²) < 4.78 is 16.7. The number of benzene rings is 1. The van der Waals surface area contributed by atoms with Crippen LogP contribution >= 0.6 is 0 Å². The van der Waals surface area contributed by atoms with Gasteiger partial charge in [0.05, 0.1) is 32.8 Å². The zero-order valence-electron chi connectivity index (χ0n) is 14.5. The summed E-state index contributed by atoms with van der Waals surface area (Å²) in [6, 6.07) is 5.97. The van der Waals surface area contributed by atoms with Crippen molar-refractivity contribution in [3.05, 3.63) is 23.8 Å². The Kier molecular flexibility index (Phi) is 5.26. The molecule has 6 nitrogen and oxygen atoms in total. The van der Waals surface area contributed by atoms with E-state index in [9.17, 15) is 4.79 Å². The van der Waals surface area contributed by atoms with Gasteiger partial charge in [-0.25, -0.2) is 0 Å². The van der Waals surface area contributed by atoms with E-state index in [1.54, 1.807) is 14.2 Å². The van der Waals surface area contributed by atoms with Crippen LogP contribution in [0.3, 0.4) is 0 Å². The van der Waals surface area contributed by atoms with Crippen LogP contribution in [0.25, 0.3) is 0 Å². The molecule has 2 fully saturated rings. The number of hydrogen-bond acceptors (Lipinski definition) is 5. The molecule has 0 aromatic heterocycles. The molecule has 0 unspecified atom stereocenters. The van der Waals surface area contributed by atoms with Gasteiger partial charge in [0.15, 0.2) is 0 Å². The van der Waals surface area contributed by atoms with E-state index in [1.165, 1.54) is 5.56 Å². The molecule has 0 atom stereocenters. The molecule has 1 N–H and O–H groups in total. The molecule has 2 aliphatic rings. The third-order valence-electron chi connectivity index (χ3n) is 4.90. The lowest BCUT2D eigenvalue weighted by molar-refractivity contribution is -0.128. The SMILES string of the molecule is COc1cc(CN2CCC3(CC2)CC(=O)NCCO3)cc(OC)c1. The number of hydrogen-bond donors (Lipinski definition) is 1. The minimum atomic E-state index is -0.275. The maximum absolute atomic E-state index is 11.8. The highest BCUT2D eigenvalue weighted by molar-refractivity contribution is 5.77. The van der Waals surface area contributed by atoms with Crippen molar-refractivity contribution < 1.29 is 19.0 Å². The zero-order valence-corrected chi connectivity index (χ0v) is 14.5. The fourth-order valence-electron chi connectivity index (χ4n) is 3.52. The van der Waals surface area contributed by atoms with Crippen LogP contribution in [-0.2, 0) is 16.1 Å². The summed E-state index contributed by atoms with van der Waals surface area (Å²) in [6.45, 7) is 3.92. The fraction of sp³-hybridized carbons (Fsp3) is 0.611. The molecule has 2 saturated heterocycles. The van der Waals surface area contributed by atoms with Crippen LogP contribution in [0.2, 0.25) is 0 Å². The summed E-state index contributed by atoms with van der Waals surface area (Å²) in [5.74, 6) is 1.72. The second-order valence-electron chi connectivity index (χ2n) is 6.56. The van der Waals surface area contributed by atoms with Gasteiger partial charge < -0.3 is 19.5 Å². The summed E-state index contributed by atoms with van der Waals surface area (Å²) in [5, 5.41) is 2.89. The quantitative estimate of drug-likeness (QED) is 0.906. The first-order chi connectivity index (χ1) is 11.6. The molecule has 3 rings (SSSR count). The lowest BCUT2D eigenvalue weighted by Gasteiger charge is -2.40. The van der Waals surface area contributed by atoms with Crippen LogP contribution in [-0.4, -0.2) is 56.9 Å². The van der Waals surface area contributed by atoms with Gasteiger partial charge in [0, 0.05) is 32.2 Å². The Bertz CT molecular complexity index is 560. The lowest BCUT2D eigenvalue weighted by Crippen LogP contribution is -2.46. The summed E-state index contributed by atoms with van der Waals surface area (Å²) in [4.78, 5) is 14.2. The van der Waals surface area contributed by atoms with E-state index in [1.807, 2.05) is 18.2 Å². The van der Waals surface area contributed by atoms with E-state index in [2.05, 4.69) is 10.2 Å². The van der Waals surface area contributed by atoms with Crippen LogP contribution in [0.5, 0.6) is 11.5 Å². The number of methoxy groups -OCH3 is 2. The van der Waals surface area contributed by atoms with Gasteiger partial charge in [0.1, 0.15) is 11.5 Å². The molecule has 0 saturated carbocycles. The number of amides is 1. The highest BCUT2D eigenvalue weighted by Gasteiger charge is 2.38. The zero-order chi connectivity index (χ0) is 17.0. The molecule has 0 aliphatic carbocycles. The average Bonchev–Trinajstić information content (AvgIpc) is 2.78. The maximum Gasteiger partial charge on any atom is 0.222 e. The fourth-order valence-corrected chi connectivity index (χ4v) is 3.52. The summed E-state index contributed by atoms with van der Waals surface area (Å²) >= 11 is 0. The molecule has 6 heteroatoms. The van der Waals surface area contributed by atoms with E-state index in [-0.39, 0.29) is 11.5 Å². The Morgan fingerprint density at radius 3 is 2.46 bits per heavy atom. The number of carbonyl (C=O) groups excluding carboxylic acids is 1. The predicted molar refractivity (Wildman–Crippen MR) is 90.4 cm³/mol. The Labute approximate surface area is 143 Å². The van der Waals surface area contributed by atoms with Crippen LogP contribution < -0.4 is 14.8 Å². The first-order valence-corrected chi connectivity index (χ1v) is 8.47. The van der Waals surface area contributed by atoms with Crippen LogP contribution in [0, 0.1) is 0 Å². The third kappa shape index (κ3) is 3.99. The van der Waals surface area contributed by atoms with E-state index in [0.717, 1.165) is 44.0 Å². The lowest BCUT2D eigenvalue weighted by atomic mass is 9.87. The molecule has 1 spiro atoms. The average molecular weight is 334 g/mol. The number of rotatable bonds is 4. The molecule has 1 amide bonds. The Morgan fingerprint density at radius 1 is 1.17 bits per heavy atom. The Hall–Kier alpha value is -1.79.